The molecule has 0 amide bonds. The second kappa shape index (κ2) is 7.80. The number of nitrogens with one attached hydrogen (secondary N) is 2. The van der Waals surface area contributed by atoms with Gasteiger partial charge in [0.05, 0.1) is 0 Å². The molecule has 1 aliphatic heterocycles. The Kier molecular flexibility index (Phi) is 4.81. The van der Waals surface area contributed by atoms with Crippen molar-refractivity contribution in [1.29, 1.82) is 0 Å². The predicted molar refractivity (Wildman–Crippen MR) is 112 cm³/mol. The predicted octanol–water partition coefficient (Wildman–Crippen LogP) is 5.50. The minimum Gasteiger partial charge on any atom is -0.454 e. The van der Waals surface area contributed by atoms with Crippen LogP contribution in [0.5, 0.6) is 11.5 Å². The van der Waals surface area contributed by atoms with Gasteiger partial charge in [-0.15, -0.1) is 0 Å². The maximum atomic E-state index is 13.5. The molecule has 4 aromatic rings. The molecule has 0 atom stereocenters. The molecule has 3 heterocycles. The van der Waals surface area contributed by atoms with Crippen LogP contribution in [-0.2, 0) is 6.18 Å². The topological polar surface area (TPSA) is 73.2 Å². The lowest BCUT2D eigenvalue weighted by Crippen LogP contribution is -2.12. The summed E-state index contributed by atoms with van der Waals surface area (Å²) in [5.74, 6) is 0.769. The van der Waals surface area contributed by atoms with E-state index in [1.807, 2.05) is 29.1 Å². The summed E-state index contributed by atoms with van der Waals surface area (Å²) in [6.45, 7) is 0.118. The third-order valence-electron chi connectivity index (χ3n) is 4.76. The summed E-state index contributed by atoms with van der Waals surface area (Å²) >= 11 is 0. The highest BCUT2D eigenvalue weighted by molar-refractivity contribution is 5.65. The molecule has 32 heavy (non-hydrogen) atoms. The number of nitrogens with zero attached hydrogens (tertiary/aromatic N) is 3. The number of rotatable bonds is 5. The van der Waals surface area contributed by atoms with E-state index in [1.165, 1.54) is 0 Å². The summed E-state index contributed by atoms with van der Waals surface area (Å²) in [6.07, 6.45) is -0.116. The maximum absolute atomic E-state index is 13.5. The van der Waals surface area contributed by atoms with Crippen molar-refractivity contribution in [3.8, 4) is 17.2 Å². The number of hydrogen-bond acceptors (Lipinski definition) is 6. The number of halogens is 3. The number of alkyl halides is 3. The van der Waals surface area contributed by atoms with E-state index in [2.05, 4.69) is 20.6 Å². The van der Waals surface area contributed by atoms with E-state index < -0.39 is 11.7 Å². The Morgan fingerprint density at radius 3 is 2.34 bits per heavy atom. The van der Waals surface area contributed by atoms with Crippen LogP contribution in [0.15, 0.2) is 73.2 Å². The fourth-order valence-electron chi connectivity index (χ4n) is 3.21. The van der Waals surface area contributed by atoms with Gasteiger partial charge in [-0.2, -0.15) is 18.2 Å². The van der Waals surface area contributed by atoms with Crippen molar-refractivity contribution in [2.45, 2.75) is 6.18 Å². The van der Waals surface area contributed by atoms with Crippen molar-refractivity contribution in [3.05, 3.63) is 78.8 Å². The highest BCUT2D eigenvalue weighted by Crippen LogP contribution is 2.37. The molecule has 2 N–H and O–H groups in total. The van der Waals surface area contributed by atoms with E-state index in [4.69, 9.17) is 9.47 Å². The molecule has 0 fully saturated rings. The average Bonchev–Trinajstić information content (AvgIpc) is 3.45. The number of hydrogen-bond donors (Lipinski definition) is 2. The van der Waals surface area contributed by atoms with Gasteiger partial charge in [-0.25, -0.2) is 4.98 Å². The van der Waals surface area contributed by atoms with Crippen molar-refractivity contribution >= 4 is 23.1 Å². The zero-order valence-electron chi connectivity index (χ0n) is 16.4. The van der Waals surface area contributed by atoms with Gasteiger partial charge in [0.25, 0.3) is 0 Å². The van der Waals surface area contributed by atoms with Crippen LogP contribution in [0.25, 0.3) is 5.69 Å². The molecule has 1 aliphatic rings. The summed E-state index contributed by atoms with van der Waals surface area (Å²) in [5.41, 5.74) is 0.919. The SMILES string of the molecule is FC(F)(F)c1cnc(Nc2ccc3c(c2)OCO3)nc1Nc1ccc(-n2cccc2)cc1. The fourth-order valence-corrected chi connectivity index (χ4v) is 3.21. The minimum atomic E-state index is -4.62. The van der Waals surface area contributed by atoms with E-state index in [1.54, 1.807) is 42.5 Å². The van der Waals surface area contributed by atoms with E-state index in [9.17, 15) is 13.2 Å². The second-order valence-electron chi connectivity index (χ2n) is 6.91. The molecule has 0 bridgehead atoms. The van der Waals surface area contributed by atoms with Gasteiger partial charge in [0.15, 0.2) is 11.5 Å². The Morgan fingerprint density at radius 1 is 0.875 bits per heavy atom. The molecule has 0 aliphatic carbocycles. The Hall–Kier alpha value is -4.21. The molecule has 0 radical (unpaired) electrons. The highest BCUT2D eigenvalue weighted by Gasteiger charge is 2.35. The molecule has 0 unspecified atom stereocenters. The van der Waals surface area contributed by atoms with Crippen LogP contribution in [0.2, 0.25) is 0 Å². The number of fused-ring (bicyclic) bond motifs is 1. The first-order valence-corrected chi connectivity index (χ1v) is 9.57. The number of benzene rings is 2. The fraction of sp³-hybridized carbons (Fsp3) is 0.0909. The van der Waals surface area contributed by atoms with Crippen molar-refractivity contribution in [2.24, 2.45) is 0 Å². The van der Waals surface area contributed by atoms with Gasteiger partial charge >= 0.3 is 6.18 Å². The molecule has 2 aromatic heterocycles. The van der Waals surface area contributed by atoms with Crippen molar-refractivity contribution in [2.75, 3.05) is 17.4 Å². The Balaban J connectivity index is 1.42. The molecule has 162 valence electrons. The molecular weight excluding hydrogens is 423 g/mol. The summed E-state index contributed by atoms with van der Waals surface area (Å²) < 4.78 is 53.1. The second-order valence-corrected chi connectivity index (χ2v) is 6.91. The van der Waals surface area contributed by atoms with Crippen molar-refractivity contribution in [1.82, 2.24) is 14.5 Å². The molecular formula is C22H16F3N5O2. The molecule has 0 saturated carbocycles. The zero-order chi connectivity index (χ0) is 22.1. The Labute approximate surface area is 180 Å². The number of anilines is 4. The van der Waals surface area contributed by atoms with Gasteiger partial charge in [-0.3, -0.25) is 0 Å². The standard InChI is InChI=1S/C22H16F3N5O2/c23-22(24,25)17-12-26-21(28-15-5-8-18-19(11-15)32-13-31-18)29-20(17)27-14-3-6-16(7-4-14)30-9-1-2-10-30/h1-12H,13H2,(H2,26,27,28,29). The summed E-state index contributed by atoms with van der Waals surface area (Å²) in [5, 5.41) is 5.65. The van der Waals surface area contributed by atoms with E-state index in [0.29, 0.717) is 22.9 Å². The van der Waals surface area contributed by atoms with Gasteiger partial charge in [0.1, 0.15) is 11.4 Å². The molecule has 0 spiro atoms. The smallest absolute Gasteiger partial charge is 0.421 e. The van der Waals surface area contributed by atoms with E-state index >= 15 is 0 Å². The van der Waals surface area contributed by atoms with Gasteiger partial charge in [0, 0.05) is 41.7 Å². The van der Waals surface area contributed by atoms with Crippen LogP contribution in [0.1, 0.15) is 5.56 Å². The first-order chi connectivity index (χ1) is 15.5. The minimum absolute atomic E-state index is 0.00308. The first-order valence-electron chi connectivity index (χ1n) is 9.57. The average molecular weight is 439 g/mol. The van der Waals surface area contributed by atoms with Crippen LogP contribution >= 0.6 is 0 Å². The highest BCUT2D eigenvalue weighted by atomic mass is 19.4. The summed E-state index contributed by atoms with van der Waals surface area (Å²) in [4.78, 5) is 7.89. The van der Waals surface area contributed by atoms with Gasteiger partial charge in [0.2, 0.25) is 12.7 Å². The van der Waals surface area contributed by atoms with Gasteiger partial charge < -0.3 is 24.7 Å². The lowest BCUT2D eigenvalue weighted by atomic mass is 10.2. The van der Waals surface area contributed by atoms with Crippen LogP contribution in [0.4, 0.5) is 36.3 Å². The van der Waals surface area contributed by atoms with E-state index in [-0.39, 0.29) is 18.6 Å². The molecule has 0 saturated heterocycles. The largest absolute Gasteiger partial charge is 0.454 e. The lowest BCUT2D eigenvalue weighted by molar-refractivity contribution is -0.137. The molecule has 10 heteroatoms. The summed E-state index contributed by atoms with van der Waals surface area (Å²) in [7, 11) is 0. The van der Waals surface area contributed by atoms with Crippen LogP contribution in [0.3, 0.4) is 0 Å². The third kappa shape index (κ3) is 4.02. The molecule has 7 nitrogen and oxygen atoms in total. The first kappa shape index (κ1) is 19.7. The number of aromatic nitrogens is 3. The number of ether oxygens (including phenoxy) is 2. The third-order valence-corrected chi connectivity index (χ3v) is 4.76. The molecule has 5 rings (SSSR count). The monoisotopic (exact) mass is 439 g/mol. The van der Waals surface area contributed by atoms with Crippen LogP contribution in [-0.4, -0.2) is 21.3 Å². The normalized spacial score (nSPS) is 12.6. The molecule has 2 aromatic carbocycles. The van der Waals surface area contributed by atoms with Crippen LogP contribution < -0.4 is 20.1 Å². The van der Waals surface area contributed by atoms with E-state index in [0.717, 1.165) is 11.9 Å². The Morgan fingerprint density at radius 2 is 1.59 bits per heavy atom. The lowest BCUT2D eigenvalue weighted by Gasteiger charge is -2.15. The maximum Gasteiger partial charge on any atom is 0.421 e. The van der Waals surface area contributed by atoms with Crippen molar-refractivity contribution < 1.29 is 22.6 Å². The van der Waals surface area contributed by atoms with Gasteiger partial charge in [-0.05, 0) is 48.5 Å². The quantitative estimate of drug-likeness (QED) is 0.428. The van der Waals surface area contributed by atoms with Crippen LogP contribution in [0, 0.1) is 0 Å². The van der Waals surface area contributed by atoms with Crippen molar-refractivity contribution in [3.63, 3.8) is 0 Å². The van der Waals surface area contributed by atoms with Gasteiger partial charge in [-0.1, -0.05) is 0 Å². The Bertz CT molecular complexity index is 1240. The zero-order valence-corrected chi connectivity index (χ0v) is 16.4. The summed E-state index contributed by atoms with van der Waals surface area (Å²) in [6, 6.07) is 15.8.